The Bertz CT molecular complexity index is 225. The molecule has 78 valence electrons. The molecule has 2 unspecified atom stereocenters. The van der Waals surface area contributed by atoms with Gasteiger partial charge >= 0.3 is 7.60 Å². The second kappa shape index (κ2) is 4.72. The van der Waals surface area contributed by atoms with Crippen molar-refractivity contribution in [1.82, 2.24) is 5.32 Å². The Labute approximate surface area is 76.7 Å². The van der Waals surface area contributed by atoms with E-state index in [1.165, 1.54) is 6.92 Å². The van der Waals surface area contributed by atoms with E-state index < -0.39 is 25.3 Å². The molecule has 0 aliphatic carbocycles. The van der Waals surface area contributed by atoms with Gasteiger partial charge in [0.2, 0.25) is 5.91 Å². The third-order valence-electron chi connectivity index (χ3n) is 1.52. The second-order valence-electron chi connectivity index (χ2n) is 2.81. The van der Waals surface area contributed by atoms with Gasteiger partial charge in [0, 0.05) is 0 Å². The number of carbonyl (C=O) groups excluding carboxylic acids is 1. The molecule has 2 atom stereocenters. The van der Waals surface area contributed by atoms with Crippen LogP contribution >= 0.6 is 7.60 Å². The Balaban J connectivity index is 4.31. The van der Waals surface area contributed by atoms with Crippen LogP contribution in [0.25, 0.3) is 0 Å². The van der Waals surface area contributed by atoms with Crippen LogP contribution in [0.2, 0.25) is 0 Å². The van der Waals surface area contributed by atoms with Crippen molar-refractivity contribution < 1.29 is 19.1 Å². The van der Waals surface area contributed by atoms with Gasteiger partial charge in [-0.25, -0.2) is 0 Å². The third kappa shape index (κ3) is 4.38. The van der Waals surface area contributed by atoms with Gasteiger partial charge in [-0.2, -0.15) is 0 Å². The number of rotatable bonds is 4. The molecule has 0 rings (SSSR count). The minimum Gasteiger partial charge on any atom is -0.341 e. The van der Waals surface area contributed by atoms with Crippen molar-refractivity contribution in [3.8, 4) is 0 Å². The number of amides is 1. The lowest BCUT2D eigenvalue weighted by Crippen LogP contribution is -2.43. The Hall–Kier alpha value is -0.420. The van der Waals surface area contributed by atoms with Crippen LogP contribution in [0.1, 0.15) is 20.3 Å². The summed E-state index contributed by atoms with van der Waals surface area (Å²) in [5.41, 5.74) is 5.22. The first-order chi connectivity index (χ1) is 5.79. The van der Waals surface area contributed by atoms with E-state index in [1.54, 1.807) is 6.92 Å². The summed E-state index contributed by atoms with van der Waals surface area (Å²) >= 11 is 0. The number of nitrogens with two attached hydrogens (primary N) is 1. The van der Waals surface area contributed by atoms with E-state index in [-0.39, 0.29) is 6.42 Å². The minimum atomic E-state index is -4.26. The lowest BCUT2D eigenvalue weighted by molar-refractivity contribution is -0.122. The van der Waals surface area contributed by atoms with Crippen LogP contribution in [0.15, 0.2) is 0 Å². The van der Waals surface area contributed by atoms with Gasteiger partial charge in [-0.3, -0.25) is 9.36 Å². The molecule has 0 aliphatic heterocycles. The van der Waals surface area contributed by atoms with Crippen molar-refractivity contribution in [2.75, 3.05) is 0 Å². The number of nitrogens with one attached hydrogen (secondary N) is 1. The van der Waals surface area contributed by atoms with Gasteiger partial charge in [-0.15, -0.1) is 0 Å². The first kappa shape index (κ1) is 12.6. The van der Waals surface area contributed by atoms with Crippen molar-refractivity contribution in [2.24, 2.45) is 5.73 Å². The van der Waals surface area contributed by atoms with Crippen molar-refractivity contribution in [1.29, 1.82) is 0 Å². The fourth-order valence-electron chi connectivity index (χ4n) is 0.720. The number of hydrogen-bond donors (Lipinski definition) is 4. The van der Waals surface area contributed by atoms with E-state index >= 15 is 0 Å². The molecule has 13 heavy (non-hydrogen) atoms. The van der Waals surface area contributed by atoms with Crippen LogP contribution in [0.4, 0.5) is 0 Å². The molecule has 0 aliphatic rings. The molecule has 0 radical (unpaired) electrons. The summed E-state index contributed by atoms with van der Waals surface area (Å²) in [5.74, 6) is -1.69. The second-order valence-corrected chi connectivity index (χ2v) is 4.61. The average molecular weight is 210 g/mol. The molecule has 7 heteroatoms. The van der Waals surface area contributed by atoms with E-state index in [4.69, 9.17) is 15.5 Å². The lowest BCUT2D eigenvalue weighted by Gasteiger charge is -2.19. The molecule has 0 saturated heterocycles. The van der Waals surface area contributed by atoms with Gasteiger partial charge in [-0.1, -0.05) is 6.92 Å². The van der Waals surface area contributed by atoms with Crippen LogP contribution in [0.5, 0.6) is 0 Å². The van der Waals surface area contributed by atoms with Crippen molar-refractivity contribution in [2.45, 2.75) is 32.1 Å². The van der Waals surface area contributed by atoms with Gasteiger partial charge < -0.3 is 20.8 Å². The standard InChI is InChI=1S/C6H15N2O4P/c1-3-5(13(10,11)12)8-6(9)4(2)7/h4-5H,3,7H2,1-2H3,(H,8,9)(H2,10,11,12). The highest BCUT2D eigenvalue weighted by molar-refractivity contribution is 7.52. The van der Waals surface area contributed by atoms with E-state index in [0.717, 1.165) is 0 Å². The van der Waals surface area contributed by atoms with Gasteiger partial charge in [0.25, 0.3) is 0 Å². The fourth-order valence-corrected chi connectivity index (χ4v) is 1.49. The van der Waals surface area contributed by atoms with Crippen LogP contribution in [0, 0.1) is 0 Å². The van der Waals surface area contributed by atoms with Gasteiger partial charge in [0.1, 0.15) is 5.78 Å². The first-order valence-electron chi connectivity index (χ1n) is 3.90. The Kier molecular flexibility index (Phi) is 4.56. The van der Waals surface area contributed by atoms with Gasteiger partial charge in [-0.05, 0) is 13.3 Å². The van der Waals surface area contributed by atoms with E-state index in [1.807, 2.05) is 0 Å². The zero-order chi connectivity index (χ0) is 10.6. The predicted molar refractivity (Wildman–Crippen MR) is 47.9 cm³/mol. The van der Waals surface area contributed by atoms with Crippen molar-refractivity contribution >= 4 is 13.5 Å². The highest BCUT2D eigenvalue weighted by Crippen LogP contribution is 2.41. The highest BCUT2D eigenvalue weighted by atomic mass is 31.2. The predicted octanol–water partition coefficient (Wildman–Crippen LogP) is -0.636. The van der Waals surface area contributed by atoms with Gasteiger partial charge in [0.05, 0.1) is 6.04 Å². The van der Waals surface area contributed by atoms with Crippen LogP contribution in [-0.2, 0) is 9.36 Å². The number of carbonyl (C=O) groups is 1. The minimum absolute atomic E-state index is 0.169. The molecule has 6 nitrogen and oxygen atoms in total. The maximum Gasteiger partial charge on any atom is 0.347 e. The molecule has 1 amide bonds. The quantitative estimate of drug-likeness (QED) is 0.461. The SMILES string of the molecule is CCC(NC(=O)C(C)N)P(=O)(O)O. The zero-order valence-corrected chi connectivity index (χ0v) is 8.49. The molecular formula is C6H15N2O4P. The largest absolute Gasteiger partial charge is 0.347 e. The summed E-state index contributed by atoms with van der Waals surface area (Å²) in [6, 6.07) is -0.763. The van der Waals surface area contributed by atoms with Crippen molar-refractivity contribution in [3.63, 3.8) is 0 Å². The molecule has 0 aromatic carbocycles. The molecular weight excluding hydrogens is 195 g/mol. The molecule has 0 fully saturated rings. The maximum atomic E-state index is 11.0. The molecule has 0 bridgehead atoms. The summed E-state index contributed by atoms with van der Waals surface area (Å²) in [4.78, 5) is 28.5. The molecule has 0 spiro atoms. The Morgan fingerprint density at radius 1 is 1.62 bits per heavy atom. The van der Waals surface area contributed by atoms with Crippen molar-refractivity contribution in [3.05, 3.63) is 0 Å². The van der Waals surface area contributed by atoms with E-state index in [9.17, 15) is 9.36 Å². The van der Waals surface area contributed by atoms with Crippen LogP contribution in [-0.4, -0.2) is 27.5 Å². The van der Waals surface area contributed by atoms with Crippen LogP contribution in [0.3, 0.4) is 0 Å². The van der Waals surface area contributed by atoms with E-state index in [0.29, 0.717) is 0 Å². The zero-order valence-electron chi connectivity index (χ0n) is 7.60. The Morgan fingerprint density at radius 3 is 2.31 bits per heavy atom. The van der Waals surface area contributed by atoms with Gasteiger partial charge in [0.15, 0.2) is 0 Å². The highest BCUT2D eigenvalue weighted by Gasteiger charge is 2.28. The third-order valence-corrected chi connectivity index (χ3v) is 2.82. The topological polar surface area (TPSA) is 113 Å². The molecule has 5 N–H and O–H groups in total. The molecule has 0 heterocycles. The molecule has 0 saturated carbocycles. The number of hydrogen-bond acceptors (Lipinski definition) is 3. The van der Waals surface area contributed by atoms with E-state index in [2.05, 4.69) is 5.32 Å². The summed E-state index contributed by atoms with van der Waals surface area (Å²) in [7, 11) is -4.26. The fraction of sp³-hybridized carbons (Fsp3) is 0.833. The summed E-state index contributed by atoms with van der Waals surface area (Å²) in [6.45, 7) is 3.02. The van der Waals surface area contributed by atoms with Crippen LogP contribution < -0.4 is 11.1 Å². The average Bonchev–Trinajstić information content (AvgIpc) is 1.96. The monoisotopic (exact) mass is 210 g/mol. The summed E-state index contributed by atoms with van der Waals surface area (Å²) in [6.07, 6.45) is 0.169. The maximum absolute atomic E-state index is 11.0. The smallest absolute Gasteiger partial charge is 0.341 e. The normalized spacial score (nSPS) is 16.4. The summed E-state index contributed by atoms with van der Waals surface area (Å²) in [5, 5.41) is 2.18. The first-order valence-corrected chi connectivity index (χ1v) is 5.58. The molecule has 0 aromatic rings. The Morgan fingerprint density at radius 2 is 2.08 bits per heavy atom. The molecule has 0 aromatic heterocycles. The lowest BCUT2D eigenvalue weighted by atomic mass is 10.3. The summed E-state index contributed by atoms with van der Waals surface area (Å²) < 4.78 is 10.8.